The Hall–Kier alpha value is -4.31. The summed E-state index contributed by atoms with van der Waals surface area (Å²) in [5, 5.41) is 18.3. The summed E-state index contributed by atoms with van der Waals surface area (Å²) in [5.41, 5.74) is 1.26. The van der Waals surface area contributed by atoms with Gasteiger partial charge >= 0.3 is 17.5 Å². The monoisotopic (exact) mass is 759 g/mol. The Morgan fingerprint density at radius 2 is 1.04 bits per heavy atom. The predicted molar refractivity (Wildman–Crippen MR) is 198 cm³/mol. The summed E-state index contributed by atoms with van der Waals surface area (Å²) in [7, 11) is 0. The van der Waals surface area contributed by atoms with Crippen molar-refractivity contribution >= 4 is 17.5 Å². The van der Waals surface area contributed by atoms with Gasteiger partial charge in [0.1, 0.15) is 11.5 Å². The second kappa shape index (κ2) is 30.5. The normalized spacial score (nSPS) is 10.9. The minimum atomic E-state index is -0.368. The van der Waals surface area contributed by atoms with Gasteiger partial charge in [-0.25, -0.2) is 4.79 Å². The molecule has 285 valence electrons. The van der Waals surface area contributed by atoms with Crippen LogP contribution < -0.4 is 9.47 Å². The second-order valence-corrected chi connectivity index (χ2v) is 11.4. The van der Waals surface area contributed by atoms with E-state index in [9.17, 15) is 14.4 Å². The summed E-state index contributed by atoms with van der Waals surface area (Å²) >= 11 is 0. The van der Waals surface area contributed by atoms with Crippen molar-refractivity contribution in [2.45, 2.75) is 78.1 Å². The van der Waals surface area contributed by atoms with E-state index >= 15 is 0 Å². The number of aliphatic hydroxyl groups excluding tert-OH is 2. The maximum absolute atomic E-state index is 10.8. The first-order valence-electron chi connectivity index (χ1n) is 17.1. The van der Waals surface area contributed by atoms with E-state index < -0.39 is 0 Å². The number of carbonyl (C=O) groups excluding carboxylic acids is 3. The molecule has 0 unspecified atom stereocenters. The molecular weight excluding hydrogens is 704 g/mol. The number of aliphatic hydroxyl groups is 2. The van der Waals surface area contributed by atoms with Crippen molar-refractivity contribution in [1.29, 1.82) is 0 Å². The molecule has 51 heavy (non-hydrogen) atoms. The maximum atomic E-state index is 10.8. The summed E-state index contributed by atoms with van der Waals surface area (Å²) in [6.07, 6.45) is 15.6. The van der Waals surface area contributed by atoms with Crippen LogP contribution in [0.15, 0.2) is 97.7 Å². The third-order valence-corrected chi connectivity index (χ3v) is 6.93. The number of ether oxygens (including phenoxy) is 5. The van der Waals surface area contributed by atoms with E-state index in [0.717, 1.165) is 75.7 Å². The zero-order chi connectivity index (χ0) is 36.8. The van der Waals surface area contributed by atoms with Crippen LogP contribution in [-0.2, 0) is 36.1 Å². The van der Waals surface area contributed by atoms with Gasteiger partial charge in [-0.15, -0.1) is 0 Å². The van der Waals surface area contributed by atoms with Gasteiger partial charge in [-0.3, -0.25) is 9.59 Å². The van der Waals surface area contributed by atoms with Gasteiger partial charge in [0.2, 0.25) is 0 Å². The first-order chi connectivity index (χ1) is 24.2. The first-order valence-corrected chi connectivity index (χ1v) is 17.1. The SMILES string of the molecule is C=CC(=O)OCCCCCCCOc1ccc(C(=[OH+])/C=C(/C)O)cc1.C=COCOCCCCCCCOc1ccc(C(=[OH+])/C=C(/C)O)cc1.[Cu]. The smallest absolute Gasteiger partial charge is 0.350 e. The summed E-state index contributed by atoms with van der Waals surface area (Å²) in [6, 6.07) is 14.2. The Bertz CT molecular complexity index is 1330. The van der Waals surface area contributed by atoms with Gasteiger partial charge in [0.25, 0.3) is 0 Å². The van der Waals surface area contributed by atoms with E-state index in [1.54, 1.807) is 36.4 Å². The molecule has 0 saturated heterocycles. The van der Waals surface area contributed by atoms with Crippen LogP contribution in [0, 0.1) is 0 Å². The third-order valence-electron chi connectivity index (χ3n) is 6.93. The molecule has 2 aromatic carbocycles. The van der Waals surface area contributed by atoms with Crippen LogP contribution in [0.5, 0.6) is 11.5 Å². The Morgan fingerprint density at radius 3 is 1.43 bits per heavy atom. The standard InChI is InChI=1S/C20H28O5.C20H26O5.Cu/c1-3-23-16-24-13-7-5-4-6-8-14-25-19-11-9-18(10-12-19)20(22)15-17(2)21;1-3-20(23)25-14-8-6-4-5-7-13-24-18-11-9-17(10-12-18)19(22)15-16(2)21;/h3,9-12,15,21H,1,4-8,13-14,16H2,2H3;3,9-12,15,21H,1,4-8,13-14H2,2H3;/p+2/b17-15-;16-15-;. The predicted octanol–water partition coefficient (Wildman–Crippen LogP) is 8.60. The van der Waals surface area contributed by atoms with Gasteiger partial charge in [-0.1, -0.05) is 51.7 Å². The van der Waals surface area contributed by atoms with E-state index in [1.807, 2.05) is 12.1 Å². The molecule has 0 aliphatic carbocycles. The van der Waals surface area contributed by atoms with Gasteiger partial charge in [-0.2, -0.15) is 0 Å². The van der Waals surface area contributed by atoms with Gasteiger partial charge in [0, 0.05) is 23.1 Å². The van der Waals surface area contributed by atoms with Crippen LogP contribution in [0.4, 0.5) is 0 Å². The van der Waals surface area contributed by atoms with Gasteiger partial charge in [0.15, 0.2) is 6.79 Å². The van der Waals surface area contributed by atoms with Gasteiger partial charge in [0.05, 0.1) is 67.5 Å². The number of carbonyl (C=O) groups is 1. The van der Waals surface area contributed by atoms with Crippen molar-refractivity contribution in [2.24, 2.45) is 0 Å². The van der Waals surface area contributed by atoms with E-state index in [4.69, 9.17) is 33.9 Å². The van der Waals surface area contributed by atoms with Crippen molar-refractivity contribution in [2.75, 3.05) is 33.2 Å². The fourth-order valence-electron chi connectivity index (χ4n) is 4.34. The second-order valence-electron chi connectivity index (χ2n) is 11.4. The third kappa shape index (κ3) is 25.3. The van der Waals surface area contributed by atoms with E-state index in [0.29, 0.717) is 37.6 Å². The molecule has 4 N–H and O–H groups in total. The summed E-state index contributed by atoms with van der Waals surface area (Å²) < 4.78 is 26.4. The number of allylic oxidation sites excluding steroid dienone is 4. The average molecular weight is 760 g/mol. The number of hydrogen-bond acceptors (Lipinski definition) is 8. The van der Waals surface area contributed by atoms with Crippen molar-refractivity contribution in [3.63, 3.8) is 0 Å². The van der Waals surface area contributed by atoms with E-state index in [-0.39, 0.29) is 52.9 Å². The van der Waals surface area contributed by atoms with Crippen LogP contribution in [0.3, 0.4) is 0 Å². The van der Waals surface area contributed by atoms with Crippen LogP contribution in [-0.4, -0.2) is 70.6 Å². The fourth-order valence-corrected chi connectivity index (χ4v) is 4.34. The number of hydrogen-bond donors (Lipinski definition) is 2. The molecule has 0 aromatic heterocycles. The zero-order valence-corrected chi connectivity index (χ0v) is 30.9. The molecule has 0 spiro atoms. The van der Waals surface area contributed by atoms with Gasteiger partial charge < -0.3 is 33.9 Å². The quantitative estimate of drug-likeness (QED) is 0.0142. The van der Waals surface area contributed by atoms with Crippen LogP contribution in [0.2, 0.25) is 0 Å². The van der Waals surface area contributed by atoms with Crippen LogP contribution in [0.25, 0.3) is 0 Å². The molecular formula is C40H56CuO10+2. The van der Waals surface area contributed by atoms with Crippen molar-refractivity contribution in [3.05, 3.63) is 109 Å². The summed E-state index contributed by atoms with van der Waals surface area (Å²) in [6.45, 7) is 12.6. The molecule has 0 bridgehead atoms. The van der Waals surface area contributed by atoms with Crippen molar-refractivity contribution < 1.29 is 65.3 Å². The van der Waals surface area contributed by atoms with Gasteiger partial charge in [-0.05, 0) is 88.1 Å². The first kappa shape index (κ1) is 46.7. The Labute approximate surface area is 313 Å². The van der Waals surface area contributed by atoms with Crippen LogP contribution >= 0.6 is 0 Å². The fraction of sp³-hybridized carbons (Fsp3) is 0.425. The number of benzene rings is 2. The molecule has 2 aromatic rings. The number of unbranched alkanes of at least 4 members (excludes halogenated alkanes) is 8. The minimum Gasteiger partial charge on any atom is -0.512 e. The Kier molecular flexibility index (Phi) is 27.9. The van der Waals surface area contributed by atoms with E-state index in [2.05, 4.69) is 13.2 Å². The number of ketones is 2. The summed E-state index contributed by atoms with van der Waals surface area (Å²) in [4.78, 5) is 30.4. The van der Waals surface area contributed by atoms with Crippen molar-refractivity contribution in [3.8, 4) is 11.5 Å². The molecule has 0 aliphatic heterocycles. The minimum absolute atomic E-state index is 0. The molecule has 11 heteroatoms. The van der Waals surface area contributed by atoms with E-state index in [1.165, 1.54) is 38.3 Å². The molecule has 10 nitrogen and oxygen atoms in total. The summed E-state index contributed by atoms with van der Waals surface area (Å²) in [5.74, 6) is 1.32. The van der Waals surface area contributed by atoms with Crippen LogP contribution in [0.1, 0.15) is 89.2 Å². The number of esters is 1. The molecule has 0 atom stereocenters. The molecule has 0 aliphatic rings. The zero-order valence-electron chi connectivity index (χ0n) is 30.0. The maximum Gasteiger partial charge on any atom is 0.350 e. The number of rotatable bonds is 26. The Morgan fingerprint density at radius 1 is 0.647 bits per heavy atom. The molecule has 0 fully saturated rings. The molecule has 0 heterocycles. The molecule has 1 radical (unpaired) electrons. The Balaban J connectivity index is 0.000000962. The largest absolute Gasteiger partial charge is 0.512 e. The molecule has 0 saturated carbocycles. The van der Waals surface area contributed by atoms with Crippen molar-refractivity contribution in [1.82, 2.24) is 0 Å². The molecule has 0 amide bonds. The average Bonchev–Trinajstić information content (AvgIpc) is 3.10. The topological polar surface area (TPSA) is 146 Å². The molecule has 2 rings (SSSR count).